The number of amides is 1. The third kappa shape index (κ3) is 3.52. The number of nitrogens with zero attached hydrogens (tertiary/aromatic N) is 3. The summed E-state index contributed by atoms with van der Waals surface area (Å²) >= 11 is 1.21. The van der Waals surface area contributed by atoms with E-state index in [-0.39, 0.29) is 6.61 Å². The average Bonchev–Trinajstić information content (AvgIpc) is 3.37. The van der Waals surface area contributed by atoms with Gasteiger partial charge in [0.05, 0.1) is 35.0 Å². The molecular weight excluding hydrogens is 400 g/mol. The number of pyridine rings is 1. The number of rotatable bonds is 6. The van der Waals surface area contributed by atoms with Crippen LogP contribution in [0.4, 0.5) is 0 Å². The number of nitrogens with two attached hydrogens (primary N) is 1. The molecule has 0 bridgehead atoms. The fourth-order valence-corrected chi connectivity index (χ4v) is 4.22. The van der Waals surface area contributed by atoms with Crippen molar-refractivity contribution in [3.8, 4) is 22.4 Å². The minimum absolute atomic E-state index is 0.0886. The van der Waals surface area contributed by atoms with Gasteiger partial charge in [-0.05, 0) is 24.6 Å². The van der Waals surface area contributed by atoms with Crippen molar-refractivity contribution in [3.05, 3.63) is 76.4 Å². The number of ether oxygens (including phenoxy) is 1. The number of fused-ring (bicyclic) bond motifs is 1. The van der Waals surface area contributed by atoms with E-state index < -0.39 is 12.0 Å². The smallest absolute Gasteiger partial charge is 0.262 e. The van der Waals surface area contributed by atoms with Gasteiger partial charge in [0.2, 0.25) is 0 Å². The molecule has 4 aromatic rings. The molecular formula is C22H18N4O3S. The molecule has 150 valence electrons. The van der Waals surface area contributed by atoms with Crippen LogP contribution in [0.25, 0.3) is 16.2 Å². The van der Waals surface area contributed by atoms with E-state index in [9.17, 15) is 15.2 Å². The third-order valence-electron chi connectivity index (χ3n) is 4.75. The van der Waals surface area contributed by atoms with Crippen LogP contribution in [0.3, 0.4) is 0 Å². The van der Waals surface area contributed by atoms with Crippen LogP contribution in [0.15, 0.2) is 54.9 Å². The number of carbonyl (C=O) groups excluding carboxylic acids is 1. The van der Waals surface area contributed by atoms with Crippen LogP contribution in [-0.2, 0) is 6.61 Å². The van der Waals surface area contributed by atoms with Crippen LogP contribution in [0.2, 0.25) is 0 Å². The van der Waals surface area contributed by atoms with Gasteiger partial charge >= 0.3 is 0 Å². The first-order valence-corrected chi connectivity index (χ1v) is 10.00. The van der Waals surface area contributed by atoms with Crippen LogP contribution in [0, 0.1) is 11.3 Å². The zero-order valence-corrected chi connectivity index (χ0v) is 16.9. The molecule has 1 atom stereocenters. The molecule has 3 N–H and O–H groups in total. The molecule has 0 spiro atoms. The zero-order valence-electron chi connectivity index (χ0n) is 16.1. The first-order valence-electron chi connectivity index (χ1n) is 9.18. The van der Waals surface area contributed by atoms with Crippen LogP contribution in [0.5, 0.6) is 5.75 Å². The van der Waals surface area contributed by atoms with Crippen LogP contribution in [0.1, 0.15) is 39.4 Å². The summed E-state index contributed by atoms with van der Waals surface area (Å²) in [5.41, 5.74) is 9.05. The van der Waals surface area contributed by atoms with Crippen molar-refractivity contribution < 1.29 is 14.6 Å². The number of carbonyl (C=O) groups is 1. The minimum atomic E-state index is -0.591. The van der Waals surface area contributed by atoms with Crippen molar-refractivity contribution in [2.75, 3.05) is 0 Å². The van der Waals surface area contributed by atoms with Gasteiger partial charge in [-0.2, -0.15) is 5.26 Å². The lowest BCUT2D eigenvalue weighted by atomic mass is 10.0. The fraction of sp³-hybridized carbons (Fsp3) is 0.136. The molecule has 0 radical (unpaired) electrons. The minimum Gasteiger partial charge on any atom is -0.484 e. The number of thiophene rings is 1. The summed E-state index contributed by atoms with van der Waals surface area (Å²) in [5, 5.41) is 18.8. The second-order valence-electron chi connectivity index (χ2n) is 6.69. The van der Waals surface area contributed by atoms with E-state index in [1.807, 2.05) is 29.5 Å². The molecule has 3 heterocycles. The number of aliphatic hydroxyl groups excluding tert-OH is 1. The van der Waals surface area contributed by atoms with E-state index in [0.29, 0.717) is 16.2 Å². The summed E-state index contributed by atoms with van der Waals surface area (Å²) in [7, 11) is 0. The van der Waals surface area contributed by atoms with Gasteiger partial charge in [-0.25, -0.2) is 4.98 Å². The highest BCUT2D eigenvalue weighted by atomic mass is 32.1. The Morgan fingerprint density at radius 1 is 1.37 bits per heavy atom. The molecule has 0 aliphatic heterocycles. The molecule has 0 saturated heterocycles. The van der Waals surface area contributed by atoms with Gasteiger partial charge in [0, 0.05) is 17.8 Å². The Balaban J connectivity index is 1.75. The molecule has 0 fully saturated rings. The second kappa shape index (κ2) is 7.99. The first-order chi connectivity index (χ1) is 14.5. The summed E-state index contributed by atoms with van der Waals surface area (Å²) in [6.45, 7) is 1.73. The number of benzene rings is 1. The molecule has 7 nitrogen and oxygen atoms in total. The Morgan fingerprint density at radius 3 is 2.90 bits per heavy atom. The van der Waals surface area contributed by atoms with Crippen molar-refractivity contribution in [3.63, 3.8) is 0 Å². The highest BCUT2D eigenvalue weighted by molar-refractivity contribution is 7.17. The molecule has 0 saturated carbocycles. The number of aliphatic hydroxyl groups is 1. The standard InChI is InChI=1S/C22H18N4O3S/c1-13(16-5-3-2-4-15(16)9-23)29-18-8-19(30-21(18)22(24)28)17-10-25-20-7-6-14(12-27)11-26(17)20/h2-8,10-11,13,27H,12H2,1H3,(H2,24,28)/t13-/m1/s1. The van der Waals surface area contributed by atoms with Gasteiger partial charge in [-0.3, -0.25) is 9.20 Å². The van der Waals surface area contributed by atoms with Crippen molar-refractivity contribution in [1.82, 2.24) is 9.38 Å². The number of imidazole rings is 1. The van der Waals surface area contributed by atoms with E-state index in [2.05, 4.69) is 11.1 Å². The summed E-state index contributed by atoms with van der Waals surface area (Å²) in [5.74, 6) is -0.233. The van der Waals surface area contributed by atoms with Crippen LogP contribution >= 0.6 is 11.3 Å². The lowest BCUT2D eigenvalue weighted by molar-refractivity contribution is 0.0998. The van der Waals surface area contributed by atoms with Crippen molar-refractivity contribution in [1.29, 1.82) is 5.26 Å². The predicted molar refractivity (Wildman–Crippen MR) is 113 cm³/mol. The van der Waals surface area contributed by atoms with Crippen molar-refractivity contribution in [2.24, 2.45) is 5.73 Å². The molecule has 0 unspecified atom stereocenters. The first kappa shape index (κ1) is 19.6. The molecule has 0 aliphatic carbocycles. The Hall–Kier alpha value is -3.67. The van der Waals surface area contributed by atoms with Gasteiger partial charge in [-0.1, -0.05) is 24.3 Å². The van der Waals surface area contributed by atoms with Gasteiger partial charge in [0.15, 0.2) is 0 Å². The number of primary amides is 1. The molecule has 30 heavy (non-hydrogen) atoms. The van der Waals surface area contributed by atoms with Crippen LogP contribution in [-0.4, -0.2) is 20.4 Å². The third-order valence-corrected chi connectivity index (χ3v) is 5.90. The largest absolute Gasteiger partial charge is 0.484 e. The molecule has 8 heteroatoms. The predicted octanol–water partition coefficient (Wildman–Crippen LogP) is 3.67. The lowest BCUT2D eigenvalue weighted by Gasteiger charge is -2.16. The number of nitriles is 1. The maximum absolute atomic E-state index is 12.1. The van der Waals surface area contributed by atoms with Crippen LogP contribution < -0.4 is 10.5 Å². The van der Waals surface area contributed by atoms with E-state index in [0.717, 1.165) is 27.3 Å². The topological polar surface area (TPSA) is 114 Å². The molecule has 3 aromatic heterocycles. The highest BCUT2D eigenvalue weighted by Gasteiger charge is 2.21. The van der Waals surface area contributed by atoms with Gasteiger partial charge in [0.1, 0.15) is 22.4 Å². The zero-order chi connectivity index (χ0) is 21.3. The van der Waals surface area contributed by atoms with E-state index >= 15 is 0 Å². The number of hydrogen-bond donors (Lipinski definition) is 2. The fourth-order valence-electron chi connectivity index (χ4n) is 3.27. The molecule has 1 amide bonds. The summed E-state index contributed by atoms with van der Waals surface area (Å²) < 4.78 is 7.91. The Bertz CT molecular complexity index is 1290. The highest BCUT2D eigenvalue weighted by Crippen LogP contribution is 2.38. The quantitative estimate of drug-likeness (QED) is 0.496. The van der Waals surface area contributed by atoms with E-state index in [4.69, 9.17) is 10.5 Å². The molecule has 1 aromatic carbocycles. The van der Waals surface area contributed by atoms with Gasteiger partial charge in [0.25, 0.3) is 5.91 Å². The van der Waals surface area contributed by atoms with Crippen molar-refractivity contribution >= 4 is 22.9 Å². The number of hydrogen-bond acceptors (Lipinski definition) is 6. The maximum atomic E-state index is 12.1. The summed E-state index contributed by atoms with van der Waals surface area (Å²) in [6.07, 6.45) is 3.04. The van der Waals surface area contributed by atoms with Gasteiger partial charge in [-0.15, -0.1) is 11.3 Å². The van der Waals surface area contributed by atoms with E-state index in [1.54, 1.807) is 36.7 Å². The normalized spacial score (nSPS) is 11.9. The summed E-state index contributed by atoms with van der Waals surface area (Å²) in [4.78, 5) is 17.5. The monoisotopic (exact) mass is 418 g/mol. The molecule has 4 rings (SSSR count). The molecule has 0 aliphatic rings. The SMILES string of the molecule is C[C@@H](Oc1cc(-c2cnc3ccc(CO)cn23)sc1C(N)=O)c1ccccc1C#N. The number of aromatic nitrogens is 2. The van der Waals surface area contributed by atoms with Crippen molar-refractivity contribution in [2.45, 2.75) is 19.6 Å². The average molecular weight is 418 g/mol. The Morgan fingerprint density at radius 2 is 2.17 bits per heavy atom. The maximum Gasteiger partial charge on any atom is 0.262 e. The van der Waals surface area contributed by atoms with Gasteiger partial charge < -0.3 is 15.6 Å². The second-order valence-corrected chi connectivity index (χ2v) is 7.75. The Labute approximate surface area is 176 Å². The van der Waals surface area contributed by atoms with E-state index in [1.165, 1.54) is 11.3 Å². The Kier molecular flexibility index (Phi) is 5.23. The summed E-state index contributed by atoms with van der Waals surface area (Å²) in [6, 6.07) is 14.7. The lowest BCUT2D eigenvalue weighted by Crippen LogP contribution is -2.12.